The molecule has 5 radical (unpaired) electrons. The molecule has 0 heterocycles. The Kier molecular flexibility index (Phi) is 28.3. The summed E-state index contributed by atoms with van der Waals surface area (Å²) in [6.07, 6.45) is 31.2. The molecule has 0 spiro atoms. The monoisotopic (exact) mass is 465 g/mol. The van der Waals surface area contributed by atoms with E-state index in [9.17, 15) is 0 Å². The van der Waals surface area contributed by atoms with Gasteiger partial charge in [0.1, 0.15) is 0 Å². The molecule has 0 aliphatic heterocycles. The molecule has 0 aromatic heterocycles. The lowest BCUT2D eigenvalue weighted by molar-refractivity contribution is 0.597. The summed E-state index contributed by atoms with van der Waals surface area (Å²) in [6, 6.07) is 4.86. The van der Waals surface area contributed by atoms with Crippen LogP contribution in [0.2, 0.25) is 18.1 Å². The topological polar surface area (TPSA) is 0 Å². The fourth-order valence-corrected chi connectivity index (χ4v) is 15.9. The second-order valence-corrected chi connectivity index (χ2v) is 19.0. The average molecular weight is 466 g/mol. The molecule has 30 heavy (non-hydrogen) atoms. The Morgan fingerprint density at radius 1 is 0.400 bits per heavy atom. The fourth-order valence-electron chi connectivity index (χ4n) is 4.20. The molecular weight excluding hydrogens is 409 g/mol. The summed E-state index contributed by atoms with van der Waals surface area (Å²) in [5.41, 5.74) is 0. The van der Waals surface area contributed by atoms with Crippen LogP contribution in [0.1, 0.15) is 156 Å². The van der Waals surface area contributed by atoms with E-state index in [4.69, 9.17) is 0 Å². The van der Waals surface area contributed by atoms with Gasteiger partial charge in [0, 0.05) is 25.9 Å². The average Bonchev–Trinajstić information content (AvgIpc) is 2.76. The van der Waals surface area contributed by atoms with Crippen LogP contribution in [-0.4, -0.2) is 25.9 Å². The standard InChI is InChI=1S/C27H57Si3/c1-4-7-10-13-16-19-22-25-28-29-30(26-23-20-17-14-11-8-5-2)27-24-21-18-15-12-9-6-3/h4-27H2,1-3H3. The first kappa shape index (κ1) is 30.7. The highest BCUT2D eigenvalue weighted by atomic mass is 29.5. The Hall–Kier alpha value is 0.651. The van der Waals surface area contributed by atoms with Crippen molar-refractivity contribution >= 4 is 25.9 Å². The van der Waals surface area contributed by atoms with Gasteiger partial charge in [0.25, 0.3) is 0 Å². The van der Waals surface area contributed by atoms with Crippen LogP contribution in [0.5, 0.6) is 0 Å². The number of rotatable bonds is 26. The lowest BCUT2D eigenvalue weighted by atomic mass is 10.1. The summed E-state index contributed by atoms with van der Waals surface area (Å²) in [7, 11) is 2.71. The molecule has 0 saturated heterocycles. The Morgan fingerprint density at radius 3 is 1.13 bits per heavy atom. The molecule has 0 nitrogen and oxygen atoms in total. The third-order valence-electron chi connectivity index (χ3n) is 6.33. The molecule has 0 aliphatic rings. The smallest absolute Gasteiger partial charge is 0.0306 e. The molecule has 177 valence electrons. The highest BCUT2D eigenvalue weighted by molar-refractivity contribution is 7.35. The van der Waals surface area contributed by atoms with Gasteiger partial charge in [0.05, 0.1) is 0 Å². The molecule has 0 N–H and O–H groups in total. The second-order valence-electron chi connectivity index (χ2n) is 9.52. The Labute approximate surface area is 199 Å². The van der Waals surface area contributed by atoms with E-state index in [2.05, 4.69) is 20.8 Å². The molecule has 3 heteroatoms. The largest absolute Gasteiger partial charge is 0.0654 e. The van der Waals surface area contributed by atoms with Gasteiger partial charge in [-0.05, 0) is 0 Å². The van der Waals surface area contributed by atoms with Crippen LogP contribution in [0.4, 0.5) is 0 Å². The quantitative estimate of drug-likeness (QED) is 0.0880. The SMILES string of the molecule is CCCCCCCCC[Si][Si][Si](CCCCCCCCC)CCCCCCCCC. The zero-order valence-electron chi connectivity index (χ0n) is 21.5. The van der Waals surface area contributed by atoms with Crippen molar-refractivity contribution in [1.82, 2.24) is 0 Å². The Morgan fingerprint density at radius 2 is 0.733 bits per heavy atom. The van der Waals surface area contributed by atoms with E-state index in [0.29, 0.717) is 0 Å². The number of hydrogen-bond donors (Lipinski definition) is 0. The van der Waals surface area contributed by atoms with Gasteiger partial charge in [0.2, 0.25) is 0 Å². The molecule has 0 unspecified atom stereocenters. The predicted molar refractivity (Wildman–Crippen MR) is 146 cm³/mol. The van der Waals surface area contributed by atoms with Crippen LogP contribution in [0.25, 0.3) is 0 Å². The fraction of sp³-hybridized carbons (Fsp3) is 1.00. The zero-order valence-corrected chi connectivity index (χ0v) is 24.5. The van der Waals surface area contributed by atoms with Crippen LogP contribution in [0, 0.1) is 0 Å². The zero-order chi connectivity index (χ0) is 22.0. The molecule has 0 fully saturated rings. The van der Waals surface area contributed by atoms with Crippen LogP contribution in [0.3, 0.4) is 0 Å². The van der Waals surface area contributed by atoms with E-state index in [0.717, 1.165) is 0 Å². The van der Waals surface area contributed by atoms with Crippen molar-refractivity contribution in [2.45, 2.75) is 174 Å². The molecule has 0 rings (SSSR count). The van der Waals surface area contributed by atoms with Crippen molar-refractivity contribution in [3.8, 4) is 0 Å². The van der Waals surface area contributed by atoms with Gasteiger partial charge in [-0.1, -0.05) is 174 Å². The van der Waals surface area contributed by atoms with Gasteiger partial charge in [-0.3, -0.25) is 0 Å². The first-order valence-corrected chi connectivity index (χ1v) is 20.3. The van der Waals surface area contributed by atoms with E-state index in [1.165, 1.54) is 140 Å². The first-order chi connectivity index (χ1) is 14.8. The second kappa shape index (κ2) is 27.7. The summed E-state index contributed by atoms with van der Waals surface area (Å²) in [4.78, 5) is 0. The van der Waals surface area contributed by atoms with E-state index in [1.54, 1.807) is 31.0 Å². The van der Waals surface area contributed by atoms with Gasteiger partial charge < -0.3 is 0 Å². The van der Waals surface area contributed by atoms with Gasteiger partial charge >= 0.3 is 0 Å². The molecule has 0 bridgehead atoms. The molecule has 0 aromatic rings. The molecule has 0 aromatic carbocycles. The van der Waals surface area contributed by atoms with Crippen molar-refractivity contribution in [1.29, 1.82) is 0 Å². The summed E-state index contributed by atoms with van der Waals surface area (Å²) in [6.45, 7) is 6.97. The van der Waals surface area contributed by atoms with Crippen LogP contribution < -0.4 is 0 Å². The normalized spacial score (nSPS) is 11.6. The van der Waals surface area contributed by atoms with Crippen LogP contribution >= 0.6 is 0 Å². The van der Waals surface area contributed by atoms with E-state index in [1.807, 2.05) is 0 Å². The van der Waals surface area contributed by atoms with Gasteiger partial charge in [-0.2, -0.15) is 0 Å². The van der Waals surface area contributed by atoms with Crippen LogP contribution in [0.15, 0.2) is 0 Å². The van der Waals surface area contributed by atoms with Gasteiger partial charge in [-0.25, -0.2) is 0 Å². The summed E-state index contributed by atoms with van der Waals surface area (Å²) in [5.74, 6) is 0. The first-order valence-electron chi connectivity index (χ1n) is 14.2. The Balaban J connectivity index is 3.80. The van der Waals surface area contributed by atoms with E-state index in [-0.39, 0.29) is 8.31 Å². The van der Waals surface area contributed by atoms with E-state index < -0.39 is 0 Å². The maximum Gasteiger partial charge on any atom is 0.0306 e. The van der Waals surface area contributed by atoms with E-state index >= 15 is 0 Å². The van der Waals surface area contributed by atoms with Gasteiger partial charge in [-0.15, -0.1) is 0 Å². The lowest BCUT2D eigenvalue weighted by Crippen LogP contribution is -2.27. The minimum Gasteiger partial charge on any atom is -0.0654 e. The van der Waals surface area contributed by atoms with Crippen molar-refractivity contribution < 1.29 is 0 Å². The van der Waals surface area contributed by atoms with Crippen molar-refractivity contribution in [2.24, 2.45) is 0 Å². The van der Waals surface area contributed by atoms with Crippen molar-refractivity contribution in [2.75, 3.05) is 0 Å². The molecule has 0 aliphatic carbocycles. The van der Waals surface area contributed by atoms with Crippen molar-refractivity contribution in [3.05, 3.63) is 0 Å². The predicted octanol–water partition coefficient (Wildman–Crippen LogP) is 9.97. The lowest BCUT2D eigenvalue weighted by Gasteiger charge is -2.14. The summed E-state index contributed by atoms with van der Waals surface area (Å²) in [5, 5.41) is 0. The number of unbranched alkanes of at least 4 members (excludes halogenated alkanes) is 18. The third-order valence-corrected chi connectivity index (χ3v) is 18.0. The molecule has 0 amide bonds. The maximum absolute atomic E-state index is 2.33. The van der Waals surface area contributed by atoms with Crippen molar-refractivity contribution in [3.63, 3.8) is 0 Å². The Bertz CT molecular complexity index is 278. The number of hydrogen-bond acceptors (Lipinski definition) is 0. The molecular formula is C27H57Si3. The summed E-state index contributed by atoms with van der Waals surface area (Å²) < 4.78 is 0. The minimum absolute atomic E-state index is 0.00298. The minimum atomic E-state index is -0.00298. The third kappa shape index (κ3) is 24.9. The van der Waals surface area contributed by atoms with Gasteiger partial charge in [0.15, 0.2) is 0 Å². The maximum atomic E-state index is 2.33. The van der Waals surface area contributed by atoms with Crippen LogP contribution in [-0.2, 0) is 0 Å². The molecule has 0 saturated carbocycles. The molecule has 0 atom stereocenters. The summed E-state index contributed by atoms with van der Waals surface area (Å²) >= 11 is 0. The highest BCUT2D eigenvalue weighted by Gasteiger charge is 2.11. The highest BCUT2D eigenvalue weighted by Crippen LogP contribution is 2.16.